The molecule has 3 rings (SSSR count). The van der Waals surface area contributed by atoms with Gasteiger partial charge in [0, 0.05) is 11.8 Å². The average Bonchev–Trinajstić information content (AvgIpc) is 2.85. The van der Waals surface area contributed by atoms with E-state index in [1.807, 2.05) is 18.2 Å². The Balaban J connectivity index is 2.15. The molecule has 4 N–H and O–H groups in total. The molecule has 1 amide bonds. The van der Waals surface area contributed by atoms with Gasteiger partial charge in [0.1, 0.15) is 6.04 Å². The van der Waals surface area contributed by atoms with Gasteiger partial charge in [0.2, 0.25) is 0 Å². The number of hydrogen-bond acceptors (Lipinski definition) is 3. The molecule has 0 aromatic heterocycles. The number of fused-ring (bicyclic) bond motifs is 3. The van der Waals surface area contributed by atoms with Crippen molar-refractivity contribution in [2.45, 2.75) is 18.4 Å². The number of para-hydroxylation sites is 1. The topological polar surface area (TPSA) is 92.4 Å². The lowest BCUT2D eigenvalue weighted by atomic mass is 9.78. The van der Waals surface area contributed by atoms with E-state index in [1.54, 1.807) is 12.1 Å². The molecule has 0 radical (unpaired) electrons. The van der Waals surface area contributed by atoms with Crippen molar-refractivity contribution < 1.29 is 14.7 Å². The summed E-state index contributed by atoms with van der Waals surface area (Å²) in [6.45, 7) is 0. The number of aliphatic carboxylic acids is 1. The summed E-state index contributed by atoms with van der Waals surface area (Å²) in [6, 6.07) is 4.63. The van der Waals surface area contributed by atoms with Crippen molar-refractivity contribution >= 4 is 17.6 Å². The number of amides is 1. The minimum absolute atomic E-state index is 0.00636. The van der Waals surface area contributed by atoms with Crippen LogP contribution in [0, 0.1) is 5.92 Å². The number of hydrogen-bond donors (Lipinski definition) is 3. The Morgan fingerprint density at radius 1 is 1.37 bits per heavy atom. The normalized spacial score (nSPS) is 27.3. The number of nitrogens with one attached hydrogen (secondary N) is 1. The molecule has 1 heterocycles. The summed E-state index contributed by atoms with van der Waals surface area (Å²) in [5, 5.41) is 12.3. The van der Waals surface area contributed by atoms with Crippen molar-refractivity contribution in [3.8, 4) is 0 Å². The van der Waals surface area contributed by atoms with E-state index in [-0.39, 0.29) is 11.8 Å². The lowest BCUT2D eigenvalue weighted by molar-refractivity contribution is -0.139. The van der Waals surface area contributed by atoms with E-state index < -0.39 is 17.9 Å². The first-order valence-corrected chi connectivity index (χ1v) is 6.18. The second-order valence-corrected chi connectivity index (χ2v) is 4.95. The number of primary amides is 1. The number of allylic oxidation sites excluding steroid dienone is 2. The predicted molar refractivity (Wildman–Crippen MR) is 70.0 cm³/mol. The van der Waals surface area contributed by atoms with Crippen LogP contribution in [0.25, 0.3) is 0 Å². The molecular formula is C14H14N2O3. The molecule has 5 heteroatoms. The number of carboxylic acids is 1. The summed E-state index contributed by atoms with van der Waals surface area (Å²) < 4.78 is 0. The van der Waals surface area contributed by atoms with Crippen molar-refractivity contribution in [3.63, 3.8) is 0 Å². The zero-order valence-corrected chi connectivity index (χ0v) is 10.2. The van der Waals surface area contributed by atoms with Crippen molar-refractivity contribution in [2.75, 3.05) is 5.32 Å². The molecule has 5 nitrogen and oxygen atoms in total. The summed E-state index contributed by atoms with van der Waals surface area (Å²) >= 11 is 0. The lowest BCUT2D eigenvalue weighted by Crippen LogP contribution is -2.42. The molecule has 19 heavy (non-hydrogen) atoms. The largest absolute Gasteiger partial charge is 0.480 e. The molecule has 0 saturated heterocycles. The highest BCUT2D eigenvalue weighted by atomic mass is 16.4. The number of anilines is 1. The third-order valence-corrected chi connectivity index (χ3v) is 3.93. The van der Waals surface area contributed by atoms with Crippen LogP contribution in [-0.2, 0) is 4.79 Å². The Kier molecular flexibility index (Phi) is 2.55. The Labute approximate surface area is 110 Å². The van der Waals surface area contributed by atoms with Crippen LogP contribution in [0.5, 0.6) is 0 Å². The summed E-state index contributed by atoms with van der Waals surface area (Å²) in [4.78, 5) is 22.8. The lowest BCUT2D eigenvalue weighted by Gasteiger charge is -2.35. The minimum Gasteiger partial charge on any atom is -0.480 e. The van der Waals surface area contributed by atoms with Crippen molar-refractivity contribution in [3.05, 3.63) is 41.5 Å². The van der Waals surface area contributed by atoms with E-state index in [2.05, 4.69) is 5.32 Å². The molecule has 0 spiro atoms. The van der Waals surface area contributed by atoms with Crippen LogP contribution < -0.4 is 11.1 Å². The zero-order valence-electron chi connectivity index (χ0n) is 10.2. The van der Waals surface area contributed by atoms with E-state index in [0.717, 1.165) is 12.0 Å². The molecule has 1 aromatic carbocycles. The minimum atomic E-state index is -0.899. The van der Waals surface area contributed by atoms with Gasteiger partial charge in [0.25, 0.3) is 5.91 Å². The van der Waals surface area contributed by atoms with E-state index >= 15 is 0 Å². The third kappa shape index (κ3) is 1.69. The van der Waals surface area contributed by atoms with Gasteiger partial charge in [0.15, 0.2) is 0 Å². The number of benzene rings is 1. The van der Waals surface area contributed by atoms with Crippen LogP contribution in [-0.4, -0.2) is 23.0 Å². The number of carbonyl (C=O) groups excluding carboxylic acids is 1. The quantitative estimate of drug-likeness (QED) is 0.698. The fourth-order valence-corrected chi connectivity index (χ4v) is 3.07. The standard InChI is InChI=1S/C14H14N2O3/c15-13(17)10-6-2-4-8-7-3-1-5-9(7)12(14(18)19)16-11(8)10/h1-4,6-7,9,12,16H,5H2,(H2,15,17)(H,18,19)/t7-,9+,12-/m1/s1. The Hall–Kier alpha value is -2.30. The Bertz CT molecular complexity index is 594. The predicted octanol–water partition coefficient (Wildman–Crippen LogP) is 1.32. The average molecular weight is 258 g/mol. The van der Waals surface area contributed by atoms with Gasteiger partial charge in [-0.25, -0.2) is 4.79 Å². The van der Waals surface area contributed by atoms with Crippen LogP contribution >= 0.6 is 0 Å². The second kappa shape index (κ2) is 4.12. The maximum absolute atomic E-state index is 11.5. The van der Waals surface area contributed by atoms with Crippen molar-refractivity contribution in [1.29, 1.82) is 0 Å². The fraction of sp³-hybridized carbons (Fsp3) is 0.286. The molecule has 3 atom stereocenters. The van der Waals surface area contributed by atoms with E-state index in [4.69, 9.17) is 5.73 Å². The van der Waals surface area contributed by atoms with Crippen LogP contribution in [0.4, 0.5) is 5.69 Å². The smallest absolute Gasteiger partial charge is 0.326 e. The fourth-order valence-electron chi connectivity index (χ4n) is 3.07. The van der Waals surface area contributed by atoms with Gasteiger partial charge < -0.3 is 16.2 Å². The van der Waals surface area contributed by atoms with Gasteiger partial charge in [-0.2, -0.15) is 0 Å². The first-order valence-electron chi connectivity index (χ1n) is 6.18. The van der Waals surface area contributed by atoms with Gasteiger partial charge >= 0.3 is 5.97 Å². The van der Waals surface area contributed by atoms with Crippen molar-refractivity contribution in [1.82, 2.24) is 0 Å². The molecule has 1 aliphatic carbocycles. The van der Waals surface area contributed by atoms with Gasteiger partial charge in [-0.05, 0) is 18.1 Å². The van der Waals surface area contributed by atoms with Gasteiger partial charge in [-0.15, -0.1) is 0 Å². The highest BCUT2D eigenvalue weighted by Gasteiger charge is 2.41. The first kappa shape index (κ1) is 11.8. The van der Waals surface area contributed by atoms with E-state index in [1.165, 1.54) is 0 Å². The molecule has 0 saturated carbocycles. The van der Waals surface area contributed by atoms with Gasteiger partial charge in [-0.3, -0.25) is 4.79 Å². The van der Waals surface area contributed by atoms with Crippen LogP contribution in [0.1, 0.15) is 28.3 Å². The van der Waals surface area contributed by atoms with Crippen LogP contribution in [0.15, 0.2) is 30.4 Å². The highest BCUT2D eigenvalue weighted by molar-refractivity contribution is 6.00. The summed E-state index contributed by atoms with van der Waals surface area (Å²) in [5.41, 5.74) is 7.22. The molecule has 0 bridgehead atoms. The second-order valence-electron chi connectivity index (χ2n) is 4.95. The molecule has 98 valence electrons. The van der Waals surface area contributed by atoms with Gasteiger partial charge in [-0.1, -0.05) is 24.3 Å². The zero-order chi connectivity index (χ0) is 13.6. The molecule has 0 fully saturated rings. The van der Waals surface area contributed by atoms with Gasteiger partial charge in [0.05, 0.1) is 11.3 Å². The van der Waals surface area contributed by atoms with E-state index in [9.17, 15) is 14.7 Å². The molecule has 2 aliphatic rings. The number of carboxylic acid groups (broad SMARTS) is 1. The monoisotopic (exact) mass is 258 g/mol. The highest BCUT2D eigenvalue weighted by Crippen LogP contribution is 2.45. The Morgan fingerprint density at radius 2 is 2.16 bits per heavy atom. The summed E-state index contributed by atoms with van der Waals surface area (Å²) in [5.74, 6) is -1.41. The van der Waals surface area contributed by atoms with Crippen LogP contribution in [0.3, 0.4) is 0 Å². The first-order chi connectivity index (χ1) is 9.09. The molecule has 0 unspecified atom stereocenters. The summed E-state index contributed by atoms with van der Waals surface area (Å²) in [6.07, 6.45) is 4.75. The summed E-state index contributed by atoms with van der Waals surface area (Å²) in [7, 11) is 0. The van der Waals surface area contributed by atoms with E-state index in [0.29, 0.717) is 11.3 Å². The molecule has 1 aliphatic heterocycles. The number of carbonyl (C=O) groups is 2. The number of nitrogens with two attached hydrogens (primary N) is 1. The maximum Gasteiger partial charge on any atom is 0.326 e. The molecule has 1 aromatic rings. The SMILES string of the molecule is NC(=O)c1cccc2c1N[C@@H](C(=O)O)[C@H]1CC=C[C@H]21. The third-order valence-electron chi connectivity index (χ3n) is 3.93. The van der Waals surface area contributed by atoms with Crippen molar-refractivity contribution in [2.24, 2.45) is 11.7 Å². The maximum atomic E-state index is 11.5. The number of rotatable bonds is 2. The molecular weight excluding hydrogens is 244 g/mol. The van der Waals surface area contributed by atoms with Crippen LogP contribution in [0.2, 0.25) is 0 Å². The Morgan fingerprint density at radius 3 is 2.84 bits per heavy atom.